The number of halogens is 1. The van der Waals surface area contributed by atoms with Crippen molar-refractivity contribution in [3.63, 3.8) is 0 Å². The number of methoxy groups -OCH3 is 1. The Bertz CT molecular complexity index is 565. The van der Waals surface area contributed by atoms with E-state index in [9.17, 15) is 4.79 Å². The van der Waals surface area contributed by atoms with Crippen molar-refractivity contribution in [2.24, 2.45) is 0 Å². The zero-order valence-corrected chi connectivity index (χ0v) is 13.5. The van der Waals surface area contributed by atoms with E-state index in [1.165, 1.54) is 16.9 Å². The van der Waals surface area contributed by atoms with Gasteiger partial charge < -0.3 is 10.1 Å². The number of nitrogens with one attached hydrogen (secondary N) is 1. The van der Waals surface area contributed by atoms with Gasteiger partial charge >= 0.3 is 5.97 Å². The maximum absolute atomic E-state index is 11.2. The molecule has 2 rings (SSSR count). The van der Waals surface area contributed by atoms with E-state index in [-0.39, 0.29) is 5.97 Å². The molecule has 6 heteroatoms. The van der Waals surface area contributed by atoms with Gasteiger partial charge in [-0.05, 0) is 30.7 Å². The molecule has 2 heterocycles. The molecule has 2 aromatic rings. The smallest absolute Gasteiger partial charge is 0.310 e. The van der Waals surface area contributed by atoms with Crippen molar-refractivity contribution in [2.45, 2.75) is 19.4 Å². The number of ether oxygens (including phenoxy) is 1. The Hall–Kier alpha value is -0.880. The van der Waals surface area contributed by atoms with Crippen LogP contribution in [0.1, 0.15) is 14.6 Å². The lowest BCUT2D eigenvalue weighted by Crippen LogP contribution is -2.15. The van der Waals surface area contributed by atoms with Gasteiger partial charge in [-0.15, -0.1) is 22.7 Å². The van der Waals surface area contributed by atoms with Gasteiger partial charge in [0.05, 0.1) is 17.9 Å². The molecule has 0 unspecified atom stereocenters. The van der Waals surface area contributed by atoms with Gasteiger partial charge in [-0.1, -0.05) is 11.6 Å². The van der Waals surface area contributed by atoms with Gasteiger partial charge in [0.1, 0.15) is 0 Å². The molecule has 0 aliphatic carbocycles. The first kappa shape index (κ1) is 15.5. The zero-order chi connectivity index (χ0) is 14.4. The lowest BCUT2D eigenvalue weighted by molar-refractivity contribution is -0.139. The summed E-state index contributed by atoms with van der Waals surface area (Å²) < 4.78 is 5.49. The second-order valence-corrected chi connectivity index (χ2v) is 7.31. The maximum Gasteiger partial charge on any atom is 0.310 e. The minimum atomic E-state index is -0.194. The molecule has 0 amide bonds. The maximum atomic E-state index is 11.2. The van der Waals surface area contributed by atoms with Crippen LogP contribution in [0.2, 0.25) is 4.34 Å². The molecule has 0 spiro atoms. The first-order valence-electron chi connectivity index (χ1n) is 6.26. The van der Waals surface area contributed by atoms with Crippen molar-refractivity contribution in [1.82, 2.24) is 5.32 Å². The second-order valence-electron chi connectivity index (χ2n) is 4.25. The Kier molecular flexibility index (Phi) is 6.04. The van der Waals surface area contributed by atoms with E-state index in [1.54, 1.807) is 22.7 Å². The highest BCUT2D eigenvalue weighted by Crippen LogP contribution is 2.21. The number of carbonyl (C=O) groups is 1. The van der Waals surface area contributed by atoms with Crippen LogP contribution in [0.4, 0.5) is 0 Å². The molecule has 0 aromatic carbocycles. The summed E-state index contributed by atoms with van der Waals surface area (Å²) in [7, 11) is 1.41. The van der Waals surface area contributed by atoms with Crippen LogP contribution in [-0.2, 0) is 28.9 Å². The summed E-state index contributed by atoms with van der Waals surface area (Å²) in [5.41, 5.74) is 0. The highest BCUT2D eigenvalue weighted by atomic mass is 35.5. The van der Waals surface area contributed by atoms with Crippen LogP contribution in [0.5, 0.6) is 0 Å². The Labute approximate surface area is 131 Å². The fraction of sp³-hybridized carbons (Fsp3) is 0.357. The largest absolute Gasteiger partial charge is 0.469 e. The molecule has 0 atom stereocenters. The van der Waals surface area contributed by atoms with Crippen LogP contribution >= 0.6 is 34.3 Å². The first-order valence-corrected chi connectivity index (χ1v) is 8.28. The van der Waals surface area contributed by atoms with E-state index in [1.807, 2.05) is 12.1 Å². The number of thiophene rings is 2. The number of hydrogen-bond donors (Lipinski definition) is 1. The predicted octanol–water partition coefficient (Wildman–Crippen LogP) is 3.51. The van der Waals surface area contributed by atoms with Crippen molar-refractivity contribution < 1.29 is 9.53 Å². The molecular formula is C14H16ClNO2S2. The normalized spacial score (nSPS) is 10.7. The monoisotopic (exact) mass is 329 g/mol. The standard InChI is InChI=1S/C14H16ClNO2S2/c1-18-14(17)8-11-2-3-12(19-11)9-16-7-6-10-4-5-13(15)20-10/h2-5,16H,6-9H2,1H3. The number of rotatable bonds is 7. The van der Waals surface area contributed by atoms with E-state index < -0.39 is 0 Å². The van der Waals surface area contributed by atoms with Crippen molar-refractivity contribution in [3.8, 4) is 0 Å². The molecule has 3 nitrogen and oxygen atoms in total. The summed E-state index contributed by atoms with van der Waals surface area (Å²) in [5.74, 6) is -0.194. The molecule has 108 valence electrons. The highest BCUT2D eigenvalue weighted by molar-refractivity contribution is 7.16. The second kappa shape index (κ2) is 7.78. The van der Waals surface area contributed by atoms with Crippen LogP contribution in [0, 0.1) is 0 Å². The molecule has 0 fully saturated rings. The average Bonchev–Trinajstić information content (AvgIpc) is 3.04. The van der Waals surface area contributed by atoms with E-state index >= 15 is 0 Å². The molecule has 2 aromatic heterocycles. The van der Waals surface area contributed by atoms with Crippen molar-refractivity contribution in [2.75, 3.05) is 13.7 Å². The average molecular weight is 330 g/mol. The number of carbonyl (C=O) groups excluding carboxylic acids is 1. The summed E-state index contributed by atoms with van der Waals surface area (Å²) in [4.78, 5) is 14.7. The fourth-order valence-electron chi connectivity index (χ4n) is 1.74. The van der Waals surface area contributed by atoms with Crippen molar-refractivity contribution in [1.29, 1.82) is 0 Å². The molecule has 0 aliphatic heterocycles. The third kappa shape index (κ3) is 4.90. The van der Waals surface area contributed by atoms with E-state index in [4.69, 9.17) is 11.6 Å². The summed E-state index contributed by atoms with van der Waals surface area (Å²) in [6, 6.07) is 8.03. The van der Waals surface area contributed by atoms with Gasteiger partial charge in [0.2, 0.25) is 0 Å². The SMILES string of the molecule is COC(=O)Cc1ccc(CNCCc2ccc(Cl)s2)s1. The highest BCUT2D eigenvalue weighted by Gasteiger charge is 2.06. The predicted molar refractivity (Wildman–Crippen MR) is 84.8 cm³/mol. The Morgan fingerprint density at radius 3 is 2.65 bits per heavy atom. The van der Waals surface area contributed by atoms with Crippen LogP contribution in [0.25, 0.3) is 0 Å². The van der Waals surface area contributed by atoms with E-state index in [2.05, 4.69) is 22.2 Å². The summed E-state index contributed by atoms with van der Waals surface area (Å²) in [6.07, 6.45) is 1.34. The molecule has 0 saturated carbocycles. The van der Waals surface area contributed by atoms with Crippen LogP contribution in [0.15, 0.2) is 24.3 Å². The Morgan fingerprint density at radius 1 is 1.20 bits per heavy atom. The Balaban J connectivity index is 1.70. The van der Waals surface area contributed by atoms with Gasteiger partial charge in [0, 0.05) is 27.7 Å². The molecule has 0 bridgehead atoms. The minimum Gasteiger partial charge on any atom is -0.469 e. The van der Waals surface area contributed by atoms with Crippen LogP contribution in [-0.4, -0.2) is 19.6 Å². The van der Waals surface area contributed by atoms with E-state index in [0.717, 1.165) is 28.7 Å². The van der Waals surface area contributed by atoms with Gasteiger partial charge in [-0.25, -0.2) is 0 Å². The van der Waals surface area contributed by atoms with Crippen LogP contribution < -0.4 is 5.32 Å². The summed E-state index contributed by atoms with van der Waals surface area (Å²) in [5, 5.41) is 3.40. The molecule has 0 radical (unpaired) electrons. The minimum absolute atomic E-state index is 0.194. The van der Waals surface area contributed by atoms with Gasteiger partial charge in [-0.3, -0.25) is 4.79 Å². The van der Waals surface area contributed by atoms with Gasteiger partial charge in [-0.2, -0.15) is 0 Å². The van der Waals surface area contributed by atoms with Crippen molar-refractivity contribution in [3.05, 3.63) is 43.2 Å². The summed E-state index contributed by atoms with van der Waals surface area (Å²) in [6.45, 7) is 1.74. The Morgan fingerprint density at radius 2 is 1.95 bits per heavy atom. The summed E-state index contributed by atoms with van der Waals surface area (Å²) >= 11 is 9.16. The zero-order valence-electron chi connectivity index (χ0n) is 11.1. The molecular weight excluding hydrogens is 314 g/mol. The molecule has 0 aliphatic rings. The van der Waals surface area contributed by atoms with E-state index in [0.29, 0.717) is 6.42 Å². The number of hydrogen-bond acceptors (Lipinski definition) is 5. The lowest BCUT2D eigenvalue weighted by Gasteiger charge is -2.01. The lowest BCUT2D eigenvalue weighted by atomic mass is 10.3. The molecule has 1 N–H and O–H groups in total. The van der Waals surface area contributed by atoms with Crippen molar-refractivity contribution >= 4 is 40.2 Å². The number of esters is 1. The van der Waals surface area contributed by atoms with Gasteiger partial charge in [0.15, 0.2) is 0 Å². The third-order valence-electron chi connectivity index (χ3n) is 2.74. The third-order valence-corrected chi connectivity index (χ3v) is 5.12. The van der Waals surface area contributed by atoms with Gasteiger partial charge in [0.25, 0.3) is 0 Å². The topological polar surface area (TPSA) is 38.3 Å². The van der Waals surface area contributed by atoms with Crippen LogP contribution in [0.3, 0.4) is 0 Å². The quantitative estimate of drug-likeness (QED) is 0.624. The molecule has 20 heavy (non-hydrogen) atoms. The molecule has 0 saturated heterocycles. The fourth-order valence-corrected chi connectivity index (χ4v) is 3.80. The first-order chi connectivity index (χ1) is 9.67.